The number of rotatable bonds is 3. The maximum absolute atomic E-state index is 6.32. The van der Waals surface area contributed by atoms with Crippen molar-refractivity contribution in [1.82, 2.24) is 4.98 Å². The molecular formula is C15H15Cl2N3S. The zero-order valence-corrected chi connectivity index (χ0v) is 14.2. The first-order chi connectivity index (χ1) is 9.81. The summed E-state index contributed by atoms with van der Waals surface area (Å²) >= 11 is 17.7. The van der Waals surface area contributed by atoms with Gasteiger partial charge in [0.2, 0.25) is 0 Å². The molecule has 0 fully saturated rings. The quantitative estimate of drug-likeness (QED) is 0.796. The highest BCUT2D eigenvalue weighted by Crippen LogP contribution is 2.35. The van der Waals surface area contributed by atoms with Gasteiger partial charge in [-0.3, -0.25) is 0 Å². The summed E-state index contributed by atoms with van der Waals surface area (Å²) in [6.45, 7) is 5.75. The summed E-state index contributed by atoms with van der Waals surface area (Å²) in [5, 5.41) is 4.24. The molecule has 0 aliphatic heterocycles. The highest BCUT2D eigenvalue weighted by Gasteiger charge is 2.15. The first-order valence-corrected chi connectivity index (χ1v) is 7.47. The summed E-state index contributed by atoms with van der Waals surface area (Å²) in [6.07, 6.45) is 0. The van der Waals surface area contributed by atoms with Crippen molar-refractivity contribution < 1.29 is 0 Å². The van der Waals surface area contributed by atoms with Crippen LogP contribution in [0.2, 0.25) is 10.0 Å². The number of nitrogens with one attached hydrogen (secondary N) is 1. The van der Waals surface area contributed by atoms with Crippen LogP contribution in [0.1, 0.15) is 22.4 Å². The van der Waals surface area contributed by atoms with Crippen molar-refractivity contribution in [3.63, 3.8) is 0 Å². The normalized spacial score (nSPS) is 10.5. The standard InChI is InChI=1S/C15H15Cl2N3S/c1-7-4-5-10(16)13(12(7)17)20-15-11(14(18)21)8(2)6-9(3)19-15/h4-6H,1-3H3,(H2,18,21)(H,19,20). The van der Waals surface area contributed by atoms with Gasteiger partial charge in [0.1, 0.15) is 10.8 Å². The van der Waals surface area contributed by atoms with Crippen LogP contribution in [0.25, 0.3) is 0 Å². The van der Waals surface area contributed by atoms with Crippen LogP contribution in [0, 0.1) is 20.8 Å². The third kappa shape index (κ3) is 3.28. The van der Waals surface area contributed by atoms with Gasteiger partial charge in [-0.05, 0) is 44.0 Å². The molecule has 0 bridgehead atoms. The number of anilines is 2. The van der Waals surface area contributed by atoms with Crippen LogP contribution in [-0.2, 0) is 0 Å². The van der Waals surface area contributed by atoms with Crippen molar-refractivity contribution in [3.8, 4) is 0 Å². The van der Waals surface area contributed by atoms with Crippen LogP contribution in [-0.4, -0.2) is 9.97 Å². The van der Waals surface area contributed by atoms with Gasteiger partial charge in [-0.1, -0.05) is 41.5 Å². The Labute approximate surface area is 139 Å². The van der Waals surface area contributed by atoms with Gasteiger partial charge in [0.25, 0.3) is 0 Å². The second-order valence-corrected chi connectivity index (χ2v) is 6.07. The number of pyridine rings is 1. The number of aromatic nitrogens is 1. The molecule has 0 radical (unpaired) electrons. The van der Waals surface area contributed by atoms with Gasteiger partial charge in [-0.2, -0.15) is 0 Å². The minimum absolute atomic E-state index is 0.280. The largest absolute Gasteiger partial charge is 0.389 e. The van der Waals surface area contributed by atoms with Crippen LogP contribution < -0.4 is 11.1 Å². The average Bonchev–Trinajstić information content (AvgIpc) is 2.38. The van der Waals surface area contributed by atoms with Crippen LogP contribution in [0.4, 0.5) is 11.5 Å². The van der Waals surface area contributed by atoms with Gasteiger partial charge in [-0.15, -0.1) is 0 Å². The summed E-state index contributed by atoms with van der Waals surface area (Å²) in [6, 6.07) is 5.58. The van der Waals surface area contributed by atoms with Crippen LogP contribution >= 0.6 is 35.4 Å². The molecule has 0 aliphatic rings. The van der Waals surface area contributed by atoms with Crippen LogP contribution in [0.3, 0.4) is 0 Å². The van der Waals surface area contributed by atoms with Crippen LogP contribution in [0.5, 0.6) is 0 Å². The Hall–Kier alpha value is -1.36. The fourth-order valence-corrected chi connectivity index (χ4v) is 2.85. The zero-order valence-electron chi connectivity index (χ0n) is 11.9. The van der Waals surface area contributed by atoms with Gasteiger partial charge in [0.15, 0.2) is 0 Å². The van der Waals surface area contributed by atoms with E-state index in [0.29, 0.717) is 27.1 Å². The van der Waals surface area contributed by atoms with Gasteiger partial charge in [-0.25, -0.2) is 4.98 Å². The fourth-order valence-electron chi connectivity index (χ4n) is 2.13. The number of hydrogen-bond donors (Lipinski definition) is 2. The van der Waals surface area contributed by atoms with Crippen molar-refractivity contribution in [1.29, 1.82) is 0 Å². The summed E-state index contributed by atoms with van der Waals surface area (Å²) in [5.41, 5.74) is 9.85. The summed E-state index contributed by atoms with van der Waals surface area (Å²) in [7, 11) is 0. The van der Waals surface area contributed by atoms with Crippen molar-refractivity contribution in [2.75, 3.05) is 5.32 Å². The zero-order chi connectivity index (χ0) is 15.7. The Morgan fingerprint density at radius 1 is 1.19 bits per heavy atom. The van der Waals surface area contributed by atoms with Crippen molar-refractivity contribution >= 4 is 51.9 Å². The minimum Gasteiger partial charge on any atom is -0.389 e. The van der Waals surface area contributed by atoms with E-state index in [1.807, 2.05) is 32.9 Å². The Bertz CT molecular complexity index is 729. The van der Waals surface area contributed by atoms with Gasteiger partial charge in [0, 0.05) is 5.69 Å². The first-order valence-electron chi connectivity index (χ1n) is 6.31. The monoisotopic (exact) mass is 339 g/mol. The SMILES string of the molecule is Cc1cc(C)c(C(N)=S)c(Nc2c(Cl)ccc(C)c2Cl)n1. The number of hydrogen-bond acceptors (Lipinski definition) is 3. The maximum atomic E-state index is 6.32. The van der Waals surface area contributed by atoms with E-state index < -0.39 is 0 Å². The summed E-state index contributed by atoms with van der Waals surface area (Å²) in [4.78, 5) is 4.75. The molecule has 0 spiro atoms. The number of nitrogens with two attached hydrogens (primary N) is 1. The molecule has 0 saturated carbocycles. The molecule has 0 saturated heterocycles. The topological polar surface area (TPSA) is 50.9 Å². The number of thiocarbonyl (C=S) groups is 1. The number of aryl methyl sites for hydroxylation is 3. The molecule has 6 heteroatoms. The molecule has 21 heavy (non-hydrogen) atoms. The smallest absolute Gasteiger partial charge is 0.141 e. The lowest BCUT2D eigenvalue weighted by molar-refractivity contribution is 1.17. The lowest BCUT2D eigenvalue weighted by Gasteiger charge is -2.16. The van der Waals surface area contributed by atoms with E-state index in [1.165, 1.54) is 0 Å². The van der Waals surface area contributed by atoms with E-state index in [-0.39, 0.29) is 4.99 Å². The number of halogens is 2. The van der Waals surface area contributed by atoms with Gasteiger partial charge < -0.3 is 11.1 Å². The predicted molar refractivity (Wildman–Crippen MR) is 94.1 cm³/mol. The van der Waals surface area contributed by atoms with E-state index in [4.69, 9.17) is 41.2 Å². The molecule has 1 heterocycles. The molecule has 2 rings (SSSR count). The number of benzene rings is 1. The van der Waals surface area contributed by atoms with E-state index >= 15 is 0 Å². The predicted octanol–water partition coefficient (Wildman–Crippen LogP) is 4.69. The lowest BCUT2D eigenvalue weighted by Crippen LogP contribution is -2.15. The number of nitrogens with zero attached hydrogens (tertiary/aromatic N) is 1. The van der Waals surface area contributed by atoms with Crippen LogP contribution in [0.15, 0.2) is 18.2 Å². The molecule has 0 aliphatic carbocycles. The molecule has 1 aromatic heterocycles. The maximum Gasteiger partial charge on any atom is 0.141 e. The average molecular weight is 340 g/mol. The van der Waals surface area contributed by atoms with E-state index in [2.05, 4.69) is 10.3 Å². The first kappa shape index (κ1) is 16.0. The molecule has 0 atom stereocenters. The molecule has 110 valence electrons. The van der Waals surface area contributed by atoms with Gasteiger partial charge >= 0.3 is 0 Å². The molecular weight excluding hydrogens is 325 g/mol. The van der Waals surface area contributed by atoms with Crippen molar-refractivity contribution in [2.24, 2.45) is 5.73 Å². The highest BCUT2D eigenvalue weighted by atomic mass is 35.5. The fraction of sp³-hybridized carbons (Fsp3) is 0.200. The highest BCUT2D eigenvalue weighted by molar-refractivity contribution is 7.80. The molecule has 0 amide bonds. The van der Waals surface area contributed by atoms with Gasteiger partial charge in [0.05, 0.1) is 21.3 Å². The molecule has 3 N–H and O–H groups in total. The third-order valence-electron chi connectivity index (χ3n) is 3.12. The minimum atomic E-state index is 0.280. The summed E-state index contributed by atoms with van der Waals surface area (Å²) < 4.78 is 0. The molecule has 2 aromatic rings. The Kier molecular flexibility index (Phi) is 4.71. The summed E-state index contributed by atoms with van der Waals surface area (Å²) in [5.74, 6) is 0.564. The molecule has 0 unspecified atom stereocenters. The van der Waals surface area contributed by atoms with E-state index in [1.54, 1.807) is 6.07 Å². The molecule has 3 nitrogen and oxygen atoms in total. The molecule has 1 aromatic carbocycles. The second kappa shape index (κ2) is 6.18. The Morgan fingerprint density at radius 2 is 1.86 bits per heavy atom. The van der Waals surface area contributed by atoms with Crippen molar-refractivity contribution in [3.05, 3.63) is 50.6 Å². The lowest BCUT2D eigenvalue weighted by atomic mass is 10.1. The van der Waals surface area contributed by atoms with Crippen molar-refractivity contribution in [2.45, 2.75) is 20.8 Å². The van der Waals surface area contributed by atoms with E-state index in [9.17, 15) is 0 Å². The second-order valence-electron chi connectivity index (χ2n) is 4.85. The Morgan fingerprint density at radius 3 is 2.48 bits per heavy atom. The Balaban J connectivity index is 2.60. The van der Waals surface area contributed by atoms with E-state index in [0.717, 1.165) is 16.8 Å². The third-order valence-corrected chi connectivity index (χ3v) is 4.12.